The van der Waals surface area contributed by atoms with Gasteiger partial charge in [0.2, 0.25) is 0 Å². The molecule has 0 fully saturated rings. The van der Waals surface area contributed by atoms with E-state index in [0.29, 0.717) is 0 Å². The zero-order valence-corrected chi connectivity index (χ0v) is 11.3. The van der Waals surface area contributed by atoms with Crippen molar-refractivity contribution in [1.29, 1.82) is 0 Å². The van der Waals surface area contributed by atoms with Crippen LogP contribution in [0.3, 0.4) is 0 Å². The molecule has 0 radical (unpaired) electrons. The summed E-state index contributed by atoms with van der Waals surface area (Å²) in [6.07, 6.45) is 0. The second-order valence-electron chi connectivity index (χ2n) is 4.53. The largest absolute Gasteiger partial charge is 0.493 e. The van der Waals surface area contributed by atoms with Crippen molar-refractivity contribution < 1.29 is 9.47 Å². The quantitative estimate of drug-likeness (QED) is 0.793. The smallest absolute Gasteiger partial charge is 0.169 e. The monoisotopic (exact) mass is 242 g/mol. The molecule has 0 unspecified atom stereocenters. The molecule has 0 aromatic heterocycles. The van der Waals surface area contributed by atoms with Crippen molar-refractivity contribution in [2.45, 2.75) is 20.8 Å². The highest BCUT2D eigenvalue weighted by atomic mass is 16.5. The molecule has 0 atom stereocenters. The lowest BCUT2D eigenvalue weighted by Crippen LogP contribution is -1.93. The molecule has 2 aromatic carbocycles. The fourth-order valence-corrected chi connectivity index (χ4v) is 1.79. The van der Waals surface area contributed by atoms with E-state index in [1.165, 1.54) is 5.56 Å². The lowest BCUT2D eigenvalue weighted by molar-refractivity contribution is 0.377. The predicted molar refractivity (Wildman–Crippen MR) is 73.7 cm³/mol. The van der Waals surface area contributed by atoms with Gasteiger partial charge in [0.15, 0.2) is 11.5 Å². The van der Waals surface area contributed by atoms with Gasteiger partial charge in [-0.2, -0.15) is 0 Å². The third-order valence-electron chi connectivity index (χ3n) is 2.88. The molecule has 2 rings (SSSR count). The standard InChI is InChI=1S/C16H18O2/c1-11-5-7-13(3)15(9-11)18-14-8-6-12(2)10-16(14)17-4/h5-10H,1-4H3. The van der Waals surface area contributed by atoms with E-state index in [0.717, 1.165) is 28.4 Å². The van der Waals surface area contributed by atoms with Crippen LogP contribution >= 0.6 is 0 Å². The molecule has 0 bridgehead atoms. The Hall–Kier alpha value is -1.96. The average molecular weight is 242 g/mol. The molecule has 0 heterocycles. The minimum absolute atomic E-state index is 0.747. The van der Waals surface area contributed by atoms with E-state index in [-0.39, 0.29) is 0 Å². The number of ether oxygens (including phenoxy) is 2. The van der Waals surface area contributed by atoms with Gasteiger partial charge in [0, 0.05) is 0 Å². The van der Waals surface area contributed by atoms with Crippen LogP contribution in [-0.2, 0) is 0 Å². The molecule has 94 valence electrons. The van der Waals surface area contributed by atoms with E-state index < -0.39 is 0 Å². The number of benzene rings is 2. The topological polar surface area (TPSA) is 18.5 Å². The number of methoxy groups -OCH3 is 1. The molecule has 0 saturated heterocycles. The van der Waals surface area contributed by atoms with Gasteiger partial charge in [-0.05, 0) is 55.7 Å². The van der Waals surface area contributed by atoms with Crippen LogP contribution in [0.4, 0.5) is 0 Å². The summed E-state index contributed by atoms with van der Waals surface area (Å²) in [5, 5.41) is 0. The number of aryl methyl sites for hydroxylation is 3. The number of hydrogen-bond donors (Lipinski definition) is 0. The molecular weight excluding hydrogens is 224 g/mol. The van der Waals surface area contributed by atoms with Gasteiger partial charge in [0.25, 0.3) is 0 Å². The van der Waals surface area contributed by atoms with Crippen LogP contribution < -0.4 is 9.47 Å². The molecule has 0 aliphatic carbocycles. The van der Waals surface area contributed by atoms with Crippen molar-refractivity contribution in [2.75, 3.05) is 7.11 Å². The minimum atomic E-state index is 0.747. The molecular formula is C16H18O2. The summed E-state index contributed by atoms with van der Waals surface area (Å²) in [4.78, 5) is 0. The lowest BCUT2D eigenvalue weighted by Gasteiger charge is -2.13. The van der Waals surface area contributed by atoms with Crippen LogP contribution in [0.1, 0.15) is 16.7 Å². The van der Waals surface area contributed by atoms with Gasteiger partial charge in [0.05, 0.1) is 7.11 Å². The molecule has 0 saturated carbocycles. The Labute approximate surface area is 108 Å². The van der Waals surface area contributed by atoms with Gasteiger partial charge in [-0.1, -0.05) is 18.2 Å². The van der Waals surface area contributed by atoms with Gasteiger partial charge in [-0.3, -0.25) is 0 Å². The molecule has 0 aliphatic heterocycles. The molecule has 2 nitrogen and oxygen atoms in total. The van der Waals surface area contributed by atoms with Gasteiger partial charge in [0.1, 0.15) is 5.75 Å². The van der Waals surface area contributed by atoms with Crippen LogP contribution in [0, 0.1) is 20.8 Å². The summed E-state index contributed by atoms with van der Waals surface area (Å²) >= 11 is 0. The Bertz CT molecular complexity index is 559. The van der Waals surface area contributed by atoms with E-state index in [4.69, 9.17) is 9.47 Å². The van der Waals surface area contributed by atoms with Crippen LogP contribution in [0.5, 0.6) is 17.2 Å². The Morgan fingerprint density at radius 1 is 0.722 bits per heavy atom. The first kappa shape index (κ1) is 12.5. The fraction of sp³-hybridized carbons (Fsp3) is 0.250. The first-order valence-electron chi connectivity index (χ1n) is 6.00. The Kier molecular flexibility index (Phi) is 3.56. The van der Waals surface area contributed by atoms with Crippen molar-refractivity contribution in [3.8, 4) is 17.2 Å². The SMILES string of the molecule is COc1cc(C)ccc1Oc1cc(C)ccc1C. The van der Waals surface area contributed by atoms with E-state index in [1.807, 2.05) is 38.1 Å². The Morgan fingerprint density at radius 3 is 2.00 bits per heavy atom. The van der Waals surface area contributed by atoms with Crippen molar-refractivity contribution >= 4 is 0 Å². The normalized spacial score (nSPS) is 10.2. The van der Waals surface area contributed by atoms with Gasteiger partial charge in [-0.15, -0.1) is 0 Å². The highest BCUT2D eigenvalue weighted by Crippen LogP contribution is 2.33. The summed E-state index contributed by atoms with van der Waals surface area (Å²) in [5.74, 6) is 2.38. The first-order valence-corrected chi connectivity index (χ1v) is 6.00. The maximum absolute atomic E-state index is 5.94. The second kappa shape index (κ2) is 5.13. The zero-order chi connectivity index (χ0) is 13.1. The third-order valence-corrected chi connectivity index (χ3v) is 2.88. The van der Waals surface area contributed by atoms with E-state index in [1.54, 1.807) is 7.11 Å². The first-order chi connectivity index (χ1) is 8.60. The maximum atomic E-state index is 5.94. The summed E-state index contributed by atoms with van der Waals surface area (Å²) in [6, 6.07) is 12.1. The van der Waals surface area contributed by atoms with Gasteiger partial charge in [-0.25, -0.2) is 0 Å². The number of rotatable bonds is 3. The third kappa shape index (κ3) is 2.65. The number of hydrogen-bond acceptors (Lipinski definition) is 2. The average Bonchev–Trinajstić information content (AvgIpc) is 2.36. The van der Waals surface area contributed by atoms with E-state index >= 15 is 0 Å². The van der Waals surface area contributed by atoms with Crippen LogP contribution in [0.2, 0.25) is 0 Å². The molecule has 0 spiro atoms. The van der Waals surface area contributed by atoms with E-state index in [9.17, 15) is 0 Å². The van der Waals surface area contributed by atoms with Crippen molar-refractivity contribution in [2.24, 2.45) is 0 Å². The highest BCUT2D eigenvalue weighted by Gasteiger charge is 2.07. The van der Waals surface area contributed by atoms with E-state index in [2.05, 4.69) is 19.1 Å². The highest BCUT2D eigenvalue weighted by molar-refractivity contribution is 5.47. The van der Waals surface area contributed by atoms with Crippen LogP contribution in [0.25, 0.3) is 0 Å². The molecule has 0 amide bonds. The summed E-state index contributed by atoms with van der Waals surface area (Å²) in [7, 11) is 1.66. The predicted octanol–water partition coefficient (Wildman–Crippen LogP) is 4.41. The molecule has 0 N–H and O–H groups in total. The van der Waals surface area contributed by atoms with Gasteiger partial charge < -0.3 is 9.47 Å². The molecule has 2 aromatic rings. The Morgan fingerprint density at radius 2 is 1.33 bits per heavy atom. The summed E-state index contributed by atoms with van der Waals surface area (Å²) in [5.41, 5.74) is 3.45. The van der Waals surface area contributed by atoms with Crippen LogP contribution in [-0.4, -0.2) is 7.11 Å². The van der Waals surface area contributed by atoms with Gasteiger partial charge >= 0.3 is 0 Å². The fourth-order valence-electron chi connectivity index (χ4n) is 1.79. The molecule has 0 aliphatic rings. The van der Waals surface area contributed by atoms with Crippen molar-refractivity contribution in [3.63, 3.8) is 0 Å². The Balaban J connectivity index is 2.36. The molecule has 18 heavy (non-hydrogen) atoms. The zero-order valence-electron chi connectivity index (χ0n) is 11.3. The molecule has 2 heteroatoms. The lowest BCUT2D eigenvalue weighted by atomic mass is 10.1. The minimum Gasteiger partial charge on any atom is -0.493 e. The maximum Gasteiger partial charge on any atom is 0.169 e. The van der Waals surface area contributed by atoms with Crippen LogP contribution in [0.15, 0.2) is 36.4 Å². The van der Waals surface area contributed by atoms with Crippen molar-refractivity contribution in [1.82, 2.24) is 0 Å². The second-order valence-corrected chi connectivity index (χ2v) is 4.53. The van der Waals surface area contributed by atoms with Crippen molar-refractivity contribution in [3.05, 3.63) is 53.1 Å². The summed E-state index contributed by atoms with van der Waals surface area (Å²) in [6.45, 7) is 6.12. The summed E-state index contributed by atoms with van der Waals surface area (Å²) < 4.78 is 11.3.